The van der Waals surface area contributed by atoms with E-state index < -0.39 is 0 Å². The second-order valence-electron chi connectivity index (χ2n) is 5.23. The number of hydrogen-bond acceptors (Lipinski definition) is 3. The lowest BCUT2D eigenvalue weighted by Gasteiger charge is -2.18. The SMILES string of the molecule is Cc1ccc([C@@H](C)N)c(OCCN2CCCC2)c1. The molecule has 0 spiro atoms. The summed E-state index contributed by atoms with van der Waals surface area (Å²) < 4.78 is 5.92. The van der Waals surface area contributed by atoms with E-state index in [0.29, 0.717) is 0 Å². The number of ether oxygens (including phenoxy) is 1. The summed E-state index contributed by atoms with van der Waals surface area (Å²) in [6.45, 7) is 8.29. The Morgan fingerprint density at radius 2 is 2.06 bits per heavy atom. The predicted octanol–water partition coefficient (Wildman–Crippen LogP) is 2.49. The van der Waals surface area contributed by atoms with E-state index in [9.17, 15) is 0 Å². The van der Waals surface area contributed by atoms with Crippen LogP contribution in [0.3, 0.4) is 0 Å². The van der Waals surface area contributed by atoms with E-state index in [4.69, 9.17) is 10.5 Å². The molecule has 1 heterocycles. The molecule has 2 N–H and O–H groups in total. The van der Waals surface area contributed by atoms with Gasteiger partial charge < -0.3 is 10.5 Å². The van der Waals surface area contributed by atoms with Crippen molar-refractivity contribution in [2.75, 3.05) is 26.2 Å². The molecule has 0 amide bonds. The maximum atomic E-state index is 5.97. The molecule has 1 atom stereocenters. The Hall–Kier alpha value is -1.06. The van der Waals surface area contributed by atoms with E-state index in [1.54, 1.807) is 0 Å². The van der Waals surface area contributed by atoms with E-state index in [-0.39, 0.29) is 6.04 Å². The van der Waals surface area contributed by atoms with Crippen LogP contribution in [0.5, 0.6) is 5.75 Å². The normalized spacial score (nSPS) is 17.9. The molecular weight excluding hydrogens is 224 g/mol. The van der Waals surface area contributed by atoms with Crippen LogP contribution in [0.4, 0.5) is 0 Å². The van der Waals surface area contributed by atoms with Crippen LogP contribution in [-0.2, 0) is 0 Å². The molecule has 100 valence electrons. The first-order valence-corrected chi connectivity index (χ1v) is 6.88. The van der Waals surface area contributed by atoms with Crippen molar-refractivity contribution in [1.82, 2.24) is 4.90 Å². The van der Waals surface area contributed by atoms with Gasteiger partial charge in [-0.05, 0) is 51.4 Å². The maximum Gasteiger partial charge on any atom is 0.124 e. The lowest BCUT2D eigenvalue weighted by Crippen LogP contribution is -2.25. The average Bonchev–Trinajstić information content (AvgIpc) is 2.82. The first-order chi connectivity index (χ1) is 8.66. The molecule has 2 rings (SSSR count). The zero-order chi connectivity index (χ0) is 13.0. The molecule has 1 fully saturated rings. The number of rotatable bonds is 5. The second kappa shape index (κ2) is 6.21. The predicted molar refractivity (Wildman–Crippen MR) is 75.0 cm³/mol. The van der Waals surface area contributed by atoms with Crippen LogP contribution in [0, 0.1) is 6.92 Å². The van der Waals surface area contributed by atoms with Crippen LogP contribution in [0.25, 0.3) is 0 Å². The molecule has 1 aromatic rings. The molecule has 1 saturated heterocycles. The van der Waals surface area contributed by atoms with Crippen molar-refractivity contribution < 1.29 is 4.74 Å². The minimum Gasteiger partial charge on any atom is -0.492 e. The highest BCUT2D eigenvalue weighted by Gasteiger charge is 2.12. The van der Waals surface area contributed by atoms with Crippen molar-refractivity contribution in [3.63, 3.8) is 0 Å². The first kappa shape index (κ1) is 13.4. The number of hydrogen-bond donors (Lipinski definition) is 1. The van der Waals surface area contributed by atoms with Crippen molar-refractivity contribution in [3.05, 3.63) is 29.3 Å². The van der Waals surface area contributed by atoms with Gasteiger partial charge in [0.1, 0.15) is 12.4 Å². The molecule has 3 heteroatoms. The lowest BCUT2D eigenvalue weighted by molar-refractivity contribution is 0.235. The Morgan fingerprint density at radius 3 is 2.72 bits per heavy atom. The summed E-state index contributed by atoms with van der Waals surface area (Å²) in [6, 6.07) is 6.27. The van der Waals surface area contributed by atoms with Crippen LogP contribution in [0.2, 0.25) is 0 Å². The Balaban J connectivity index is 1.92. The zero-order valence-electron chi connectivity index (χ0n) is 11.5. The minimum atomic E-state index is 0.0207. The highest BCUT2D eigenvalue weighted by Crippen LogP contribution is 2.25. The quantitative estimate of drug-likeness (QED) is 0.870. The fraction of sp³-hybridized carbons (Fsp3) is 0.600. The van der Waals surface area contributed by atoms with Crippen molar-refractivity contribution in [2.45, 2.75) is 32.7 Å². The number of nitrogens with zero attached hydrogens (tertiary/aromatic N) is 1. The monoisotopic (exact) mass is 248 g/mol. The standard InChI is InChI=1S/C15H24N2O/c1-12-5-6-14(13(2)16)15(11-12)18-10-9-17-7-3-4-8-17/h5-6,11,13H,3-4,7-10,16H2,1-2H3/t13-/m1/s1. The van der Waals surface area contributed by atoms with Gasteiger partial charge in [-0.1, -0.05) is 12.1 Å². The minimum absolute atomic E-state index is 0.0207. The fourth-order valence-electron chi connectivity index (χ4n) is 2.43. The second-order valence-corrected chi connectivity index (χ2v) is 5.23. The van der Waals surface area contributed by atoms with Crippen LogP contribution in [-0.4, -0.2) is 31.1 Å². The molecule has 0 aliphatic carbocycles. The molecule has 0 saturated carbocycles. The summed E-state index contributed by atoms with van der Waals surface area (Å²) in [7, 11) is 0. The third-order valence-corrected chi connectivity index (χ3v) is 3.52. The van der Waals surface area contributed by atoms with Gasteiger partial charge in [-0.15, -0.1) is 0 Å². The fourth-order valence-corrected chi connectivity index (χ4v) is 2.43. The summed E-state index contributed by atoms with van der Waals surface area (Å²) in [5.41, 5.74) is 8.29. The third-order valence-electron chi connectivity index (χ3n) is 3.52. The zero-order valence-corrected chi connectivity index (χ0v) is 11.5. The van der Waals surface area contributed by atoms with E-state index in [1.165, 1.54) is 31.5 Å². The molecule has 0 unspecified atom stereocenters. The van der Waals surface area contributed by atoms with E-state index in [1.807, 2.05) is 6.92 Å². The molecule has 1 aliphatic heterocycles. The van der Waals surface area contributed by atoms with Gasteiger partial charge in [-0.25, -0.2) is 0 Å². The van der Waals surface area contributed by atoms with E-state index in [0.717, 1.165) is 24.5 Å². The summed E-state index contributed by atoms with van der Waals surface area (Å²) in [4.78, 5) is 2.46. The van der Waals surface area contributed by atoms with E-state index in [2.05, 4.69) is 30.0 Å². The number of benzene rings is 1. The van der Waals surface area contributed by atoms with Gasteiger partial charge in [0.25, 0.3) is 0 Å². The summed E-state index contributed by atoms with van der Waals surface area (Å²) in [5, 5.41) is 0. The van der Waals surface area contributed by atoms with Crippen molar-refractivity contribution in [1.29, 1.82) is 0 Å². The molecule has 0 aromatic heterocycles. The van der Waals surface area contributed by atoms with Gasteiger partial charge in [0.2, 0.25) is 0 Å². The molecule has 1 aromatic carbocycles. The largest absolute Gasteiger partial charge is 0.492 e. The third kappa shape index (κ3) is 3.47. The molecule has 3 nitrogen and oxygen atoms in total. The van der Waals surface area contributed by atoms with Crippen LogP contribution in [0.15, 0.2) is 18.2 Å². The highest BCUT2D eigenvalue weighted by molar-refractivity contribution is 5.38. The summed E-state index contributed by atoms with van der Waals surface area (Å²) >= 11 is 0. The molecule has 0 radical (unpaired) electrons. The average molecular weight is 248 g/mol. The van der Waals surface area contributed by atoms with Gasteiger partial charge >= 0.3 is 0 Å². The van der Waals surface area contributed by atoms with Crippen molar-refractivity contribution in [3.8, 4) is 5.75 Å². The van der Waals surface area contributed by atoms with Gasteiger partial charge in [-0.3, -0.25) is 4.90 Å². The lowest BCUT2D eigenvalue weighted by atomic mass is 10.1. The van der Waals surface area contributed by atoms with Gasteiger partial charge in [0.15, 0.2) is 0 Å². The van der Waals surface area contributed by atoms with Crippen LogP contribution < -0.4 is 10.5 Å². The number of aryl methyl sites for hydroxylation is 1. The first-order valence-electron chi connectivity index (χ1n) is 6.88. The van der Waals surface area contributed by atoms with Crippen molar-refractivity contribution in [2.24, 2.45) is 5.73 Å². The molecular formula is C15H24N2O. The highest BCUT2D eigenvalue weighted by atomic mass is 16.5. The van der Waals surface area contributed by atoms with Crippen molar-refractivity contribution >= 4 is 0 Å². The Labute approximate surface area is 110 Å². The summed E-state index contributed by atoms with van der Waals surface area (Å²) in [6.07, 6.45) is 2.66. The van der Waals surface area contributed by atoms with Gasteiger partial charge in [0.05, 0.1) is 0 Å². The van der Waals surface area contributed by atoms with E-state index >= 15 is 0 Å². The molecule has 18 heavy (non-hydrogen) atoms. The topological polar surface area (TPSA) is 38.5 Å². The number of likely N-dealkylation sites (tertiary alicyclic amines) is 1. The molecule has 1 aliphatic rings. The maximum absolute atomic E-state index is 5.97. The Bertz CT molecular complexity index is 384. The van der Waals surface area contributed by atoms with Crippen LogP contribution >= 0.6 is 0 Å². The van der Waals surface area contributed by atoms with Gasteiger partial charge in [-0.2, -0.15) is 0 Å². The molecule has 0 bridgehead atoms. The summed E-state index contributed by atoms with van der Waals surface area (Å²) in [5.74, 6) is 0.948. The van der Waals surface area contributed by atoms with Gasteiger partial charge in [0, 0.05) is 18.2 Å². The van der Waals surface area contributed by atoms with Crippen LogP contribution in [0.1, 0.15) is 36.9 Å². The Kier molecular flexibility index (Phi) is 4.61. The Morgan fingerprint density at radius 1 is 1.33 bits per heavy atom. The smallest absolute Gasteiger partial charge is 0.124 e. The number of nitrogens with two attached hydrogens (primary N) is 1.